The lowest BCUT2D eigenvalue weighted by atomic mass is 10.2. The molecule has 28 heavy (non-hydrogen) atoms. The number of anilines is 1. The van der Waals surface area contributed by atoms with Crippen molar-refractivity contribution in [2.45, 2.75) is 0 Å². The maximum Gasteiger partial charge on any atom is 0.270 e. The number of methoxy groups -OCH3 is 1. The Morgan fingerprint density at radius 1 is 1.18 bits per heavy atom. The van der Waals surface area contributed by atoms with E-state index in [9.17, 15) is 14.9 Å². The van der Waals surface area contributed by atoms with Crippen molar-refractivity contribution in [2.75, 3.05) is 25.6 Å². The molecule has 0 bridgehead atoms. The first-order chi connectivity index (χ1) is 13.3. The van der Waals surface area contributed by atoms with Gasteiger partial charge in [0.2, 0.25) is 0 Å². The summed E-state index contributed by atoms with van der Waals surface area (Å²) in [5, 5.41) is 16.2. The number of nitrogens with zero attached hydrogens (tertiary/aromatic N) is 1. The summed E-state index contributed by atoms with van der Waals surface area (Å²) in [4.78, 5) is 22.6. The topological polar surface area (TPSA) is 103 Å². The van der Waals surface area contributed by atoms with Crippen LogP contribution in [-0.4, -0.2) is 36.3 Å². The molecular weight excluding hydrogens is 518 g/mol. The summed E-state index contributed by atoms with van der Waals surface area (Å²) in [6.45, 7) is 0.839. The Labute approximate surface area is 183 Å². The van der Waals surface area contributed by atoms with Gasteiger partial charge in [0.25, 0.3) is 11.6 Å². The standard InChI is InChI=1S/C17H15Br2N3O5S/c1-26-6-7-27-15-5-2-10(8-13(15)19)16(23)21-17(28)20-14-4-3-11(22(24)25)9-12(14)18/h2-5,8-9H,6-7H2,1H3,(H2,20,21,23,28). The summed E-state index contributed by atoms with van der Waals surface area (Å²) in [6, 6.07) is 9.04. The summed E-state index contributed by atoms with van der Waals surface area (Å²) < 4.78 is 11.5. The molecule has 2 aromatic rings. The fourth-order valence-electron chi connectivity index (χ4n) is 2.04. The van der Waals surface area contributed by atoms with Crippen LogP contribution < -0.4 is 15.4 Å². The maximum absolute atomic E-state index is 12.4. The Kier molecular flexibility index (Phi) is 8.30. The van der Waals surface area contributed by atoms with Crippen LogP contribution in [0.1, 0.15) is 10.4 Å². The van der Waals surface area contributed by atoms with Gasteiger partial charge in [-0.25, -0.2) is 0 Å². The number of thiocarbonyl (C=S) groups is 1. The molecule has 0 aliphatic rings. The number of hydrogen-bond donors (Lipinski definition) is 2. The molecule has 0 heterocycles. The van der Waals surface area contributed by atoms with Crippen LogP contribution in [-0.2, 0) is 4.74 Å². The molecule has 0 aromatic heterocycles. The number of rotatable bonds is 7. The molecule has 0 unspecified atom stereocenters. The highest BCUT2D eigenvalue weighted by molar-refractivity contribution is 9.11. The third-order valence-corrected chi connectivity index (χ3v) is 4.86. The Bertz CT molecular complexity index is 910. The van der Waals surface area contributed by atoms with Gasteiger partial charge in [-0.3, -0.25) is 20.2 Å². The predicted molar refractivity (Wildman–Crippen MR) is 116 cm³/mol. The molecule has 2 rings (SSSR count). The SMILES string of the molecule is COCCOc1ccc(C(=O)NC(=S)Nc2ccc([N+](=O)[O-])cc2Br)cc1Br. The average molecular weight is 533 g/mol. The van der Waals surface area contributed by atoms with E-state index in [0.717, 1.165) is 0 Å². The van der Waals surface area contributed by atoms with Crippen LogP contribution in [0.25, 0.3) is 0 Å². The maximum atomic E-state index is 12.4. The van der Waals surface area contributed by atoms with Gasteiger partial charge in [-0.1, -0.05) is 0 Å². The fourth-order valence-corrected chi connectivity index (χ4v) is 3.20. The van der Waals surface area contributed by atoms with Crippen molar-refractivity contribution in [2.24, 2.45) is 0 Å². The fraction of sp³-hybridized carbons (Fsp3) is 0.176. The molecule has 148 valence electrons. The summed E-state index contributed by atoms with van der Waals surface area (Å²) >= 11 is 11.7. The van der Waals surface area contributed by atoms with E-state index in [1.54, 1.807) is 25.3 Å². The van der Waals surface area contributed by atoms with E-state index < -0.39 is 10.8 Å². The molecule has 1 amide bonds. The van der Waals surface area contributed by atoms with Crippen molar-refractivity contribution in [1.29, 1.82) is 0 Å². The number of nitro groups is 1. The van der Waals surface area contributed by atoms with E-state index in [4.69, 9.17) is 21.7 Å². The van der Waals surface area contributed by atoms with Crippen molar-refractivity contribution in [3.8, 4) is 5.75 Å². The molecule has 0 aliphatic heterocycles. The van der Waals surface area contributed by atoms with Gasteiger partial charge in [0, 0.05) is 29.3 Å². The van der Waals surface area contributed by atoms with E-state index in [0.29, 0.717) is 39.2 Å². The number of hydrogen-bond acceptors (Lipinski definition) is 6. The van der Waals surface area contributed by atoms with E-state index in [-0.39, 0.29) is 10.8 Å². The first-order valence-corrected chi connectivity index (χ1v) is 9.79. The molecule has 2 N–H and O–H groups in total. The number of carbonyl (C=O) groups is 1. The highest BCUT2D eigenvalue weighted by Gasteiger charge is 2.13. The minimum absolute atomic E-state index is 0.0519. The van der Waals surface area contributed by atoms with E-state index >= 15 is 0 Å². The van der Waals surface area contributed by atoms with Crippen LogP contribution in [0.2, 0.25) is 0 Å². The van der Waals surface area contributed by atoms with Crippen molar-refractivity contribution in [3.05, 3.63) is 61.0 Å². The highest BCUT2D eigenvalue weighted by atomic mass is 79.9. The molecule has 11 heteroatoms. The Morgan fingerprint density at radius 2 is 1.93 bits per heavy atom. The molecule has 0 radical (unpaired) electrons. The van der Waals surface area contributed by atoms with Crippen LogP contribution in [0.5, 0.6) is 5.75 Å². The molecule has 0 fully saturated rings. The van der Waals surface area contributed by atoms with Gasteiger partial charge in [0.15, 0.2) is 5.11 Å². The van der Waals surface area contributed by atoms with Crippen LogP contribution in [0.4, 0.5) is 11.4 Å². The number of ether oxygens (including phenoxy) is 2. The van der Waals surface area contributed by atoms with Gasteiger partial charge in [-0.2, -0.15) is 0 Å². The second kappa shape index (κ2) is 10.5. The smallest absolute Gasteiger partial charge is 0.270 e. The van der Waals surface area contributed by atoms with Gasteiger partial charge in [0.05, 0.1) is 21.7 Å². The number of amides is 1. The molecule has 8 nitrogen and oxygen atoms in total. The lowest BCUT2D eigenvalue weighted by molar-refractivity contribution is -0.384. The molecule has 0 spiro atoms. The molecule has 0 saturated heterocycles. The van der Waals surface area contributed by atoms with Crippen LogP contribution in [0.3, 0.4) is 0 Å². The Hall–Kier alpha value is -2.08. The number of carbonyl (C=O) groups excluding carboxylic acids is 1. The minimum Gasteiger partial charge on any atom is -0.490 e. The van der Waals surface area contributed by atoms with E-state index in [1.807, 2.05) is 0 Å². The second-order valence-corrected chi connectivity index (χ2v) is 7.43. The quantitative estimate of drug-likeness (QED) is 0.237. The zero-order valence-electron chi connectivity index (χ0n) is 14.5. The monoisotopic (exact) mass is 531 g/mol. The third-order valence-electron chi connectivity index (χ3n) is 3.38. The summed E-state index contributed by atoms with van der Waals surface area (Å²) in [5.41, 5.74) is 0.793. The number of nitrogens with one attached hydrogen (secondary N) is 2. The van der Waals surface area contributed by atoms with Crippen LogP contribution in [0, 0.1) is 10.1 Å². The lowest BCUT2D eigenvalue weighted by Gasteiger charge is -2.12. The van der Waals surface area contributed by atoms with Crippen molar-refractivity contribution in [3.63, 3.8) is 0 Å². The lowest BCUT2D eigenvalue weighted by Crippen LogP contribution is -2.34. The second-order valence-electron chi connectivity index (χ2n) is 5.32. The summed E-state index contributed by atoms with van der Waals surface area (Å²) in [5.74, 6) is 0.170. The van der Waals surface area contributed by atoms with Gasteiger partial charge < -0.3 is 14.8 Å². The Morgan fingerprint density at radius 3 is 2.54 bits per heavy atom. The minimum atomic E-state index is -0.505. The summed E-state index contributed by atoms with van der Waals surface area (Å²) in [7, 11) is 1.58. The summed E-state index contributed by atoms with van der Waals surface area (Å²) in [6.07, 6.45) is 0. The van der Waals surface area contributed by atoms with E-state index in [1.165, 1.54) is 18.2 Å². The molecule has 0 atom stereocenters. The molecular formula is C17H15Br2N3O5S. The normalized spacial score (nSPS) is 10.2. The first kappa shape index (κ1) is 22.2. The van der Waals surface area contributed by atoms with Crippen molar-refractivity contribution in [1.82, 2.24) is 5.32 Å². The largest absolute Gasteiger partial charge is 0.490 e. The van der Waals surface area contributed by atoms with Gasteiger partial charge in [-0.05, 0) is 68.3 Å². The van der Waals surface area contributed by atoms with Crippen LogP contribution >= 0.6 is 44.1 Å². The van der Waals surface area contributed by atoms with E-state index in [2.05, 4.69) is 42.5 Å². The van der Waals surface area contributed by atoms with Crippen LogP contribution in [0.15, 0.2) is 45.3 Å². The van der Waals surface area contributed by atoms with Gasteiger partial charge in [0.1, 0.15) is 12.4 Å². The number of halogens is 2. The zero-order valence-corrected chi connectivity index (χ0v) is 18.5. The number of non-ortho nitro benzene ring substituents is 1. The number of nitro benzene ring substituents is 1. The molecule has 2 aromatic carbocycles. The van der Waals surface area contributed by atoms with Crippen molar-refractivity contribution < 1.29 is 19.2 Å². The van der Waals surface area contributed by atoms with Gasteiger partial charge in [-0.15, -0.1) is 0 Å². The molecule has 0 aliphatic carbocycles. The highest BCUT2D eigenvalue weighted by Crippen LogP contribution is 2.27. The zero-order chi connectivity index (χ0) is 20.7. The predicted octanol–water partition coefficient (Wildman–Crippen LogP) is 4.27. The molecule has 0 saturated carbocycles. The average Bonchev–Trinajstić information content (AvgIpc) is 2.64. The third kappa shape index (κ3) is 6.23. The Balaban J connectivity index is 1.99. The van der Waals surface area contributed by atoms with Gasteiger partial charge >= 0.3 is 0 Å². The first-order valence-electron chi connectivity index (χ1n) is 7.79. The number of benzene rings is 2. The van der Waals surface area contributed by atoms with Crippen molar-refractivity contribution >= 4 is 66.5 Å².